The molecule has 2 aliphatic rings. The molecular formula is C16H27N3. The lowest BCUT2D eigenvalue weighted by Gasteiger charge is -2.26. The predicted molar refractivity (Wildman–Crippen MR) is 79.5 cm³/mol. The minimum atomic E-state index is 0.721. The zero-order valence-corrected chi connectivity index (χ0v) is 12.4. The van der Waals surface area contributed by atoms with Gasteiger partial charge in [-0.15, -0.1) is 0 Å². The first kappa shape index (κ1) is 13.0. The quantitative estimate of drug-likeness (QED) is 0.862. The lowest BCUT2D eigenvalue weighted by Crippen LogP contribution is -2.17. The molecule has 0 aliphatic heterocycles. The van der Waals surface area contributed by atoms with E-state index in [9.17, 15) is 0 Å². The van der Waals surface area contributed by atoms with Crippen molar-refractivity contribution < 1.29 is 0 Å². The van der Waals surface area contributed by atoms with E-state index in [4.69, 9.17) is 0 Å². The molecule has 2 fully saturated rings. The second-order valence-corrected chi connectivity index (χ2v) is 6.70. The molecule has 2 unspecified atom stereocenters. The molecule has 3 heteroatoms. The largest absolute Gasteiger partial charge is 0.356 e. The molecule has 0 amide bonds. The maximum absolute atomic E-state index is 4.62. The Balaban J connectivity index is 1.49. The molecule has 2 aliphatic carbocycles. The highest BCUT2D eigenvalue weighted by molar-refractivity contribution is 5.30. The molecule has 0 aromatic carbocycles. The standard InChI is InChI=1S/C16H27N3/c1-12-4-3-5-14(10-12)8-9-17-16-18-13(2)11-19(16)15-6-7-15/h11-12,14-15H,3-10H2,1-2H3,(H,17,18). The Kier molecular flexibility index (Phi) is 3.81. The average Bonchev–Trinajstić information content (AvgIpc) is 3.14. The fourth-order valence-electron chi connectivity index (χ4n) is 3.49. The number of nitrogens with zero attached hydrogens (tertiary/aromatic N) is 2. The van der Waals surface area contributed by atoms with Crippen LogP contribution in [0.2, 0.25) is 0 Å². The summed E-state index contributed by atoms with van der Waals surface area (Å²) in [5, 5.41) is 3.57. The second kappa shape index (κ2) is 5.56. The van der Waals surface area contributed by atoms with E-state index in [1.807, 2.05) is 0 Å². The summed E-state index contributed by atoms with van der Waals surface area (Å²) < 4.78 is 2.35. The first-order valence-electron chi connectivity index (χ1n) is 8.01. The summed E-state index contributed by atoms with van der Waals surface area (Å²) in [6.45, 7) is 5.58. The van der Waals surface area contributed by atoms with Crippen LogP contribution >= 0.6 is 0 Å². The minimum absolute atomic E-state index is 0.721. The van der Waals surface area contributed by atoms with Gasteiger partial charge in [0.2, 0.25) is 5.95 Å². The van der Waals surface area contributed by atoms with Crippen LogP contribution in [0.4, 0.5) is 5.95 Å². The third-order valence-corrected chi connectivity index (χ3v) is 4.67. The number of hydrogen-bond donors (Lipinski definition) is 1. The summed E-state index contributed by atoms with van der Waals surface area (Å²) in [7, 11) is 0. The van der Waals surface area contributed by atoms with Gasteiger partial charge in [0.15, 0.2) is 0 Å². The molecule has 2 atom stereocenters. The van der Waals surface area contributed by atoms with E-state index in [1.54, 1.807) is 0 Å². The Labute approximate surface area is 116 Å². The van der Waals surface area contributed by atoms with E-state index in [2.05, 4.69) is 34.9 Å². The van der Waals surface area contributed by atoms with Gasteiger partial charge in [-0.25, -0.2) is 4.98 Å². The molecule has 19 heavy (non-hydrogen) atoms. The number of aromatic nitrogens is 2. The Bertz CT molecular complexity index is 420. The van der Waals surface area contributed by atoms with Crippen LogP contribution in [-0.2, 0) is 0 Å². The maximum Gasteiger partial charge on any atom is 0.203 e. The van der Waals surface area contributed by atoms with Gasteiger partial charge >= 0.3 is 0 Å². The number of nitrogens with one attached hydrogen (secondary N) is 1. The average molecular weight is 261 g/mol. The highest BCUT2D eigenvalue weighted by Gasteiger charge is 2.26. The number of aryl methyl sites for hydroxylation is 1. The summed E-state index contributed by atoms with van der Waals surface area (Å²) in [5.41, 5.74) is 1.14. The van der Waals surface area contributed by atoms with Crippen molar-refractivity contribution in [2.24, 2.45) is 11.8 Å². The van der Waals surface area contributed by atoms with E-state index >= 15 is 0 Å². The summed E-state index contributed by atoms with van der Waals surface area (Å²) in [5.74, 6) is 2.97. The Morgan fingerprint density at radius 2 is 2.16 bits per heavy atom. The van der Waals surface area contributed by atoms with Crippen LogP contribution in [0.3, 0.4) is 0 Å². The number of hydrogen-bond acceptors (Lipinski definition) is 2. The van der Waals surface area contributed by atoms with Crippen LogP contribution in [-0.4, -0.2) is 16.1 Å². The minimum Gasteiger partial charge on any atom is -0.356 e. The van der Waals surface area contributed by atoms with Crippen molar-refractivity contribution in [3.8, 4) is 0 Å². The third kappa shape index (κ3) is 3.31. The van der Waals surface area contributed by atoms with Crippen molar-refractivity contribution in [3.63, 3.8) is 0 Å². The van der Waals surface area contributed by atoms with E-state index in [0.29, 0.717) is 0 Å². The maximum atomic E-state index is 4.62. The van der Waals surface area contributed by atoms with Crippen LogP contribution in [0.5, 0.6) is 0 Å². The van der Waals surface area contributed by atoms with Gasteiger partial charge in [0.1, 0.15) is 0 Å². The molecule has 0 radical (unpaired) electrons. The zero-order chi connectivity index (χ0) is 13.2. The molecule has 106 valence electrons. The highest BCUT2D eigenvalue weighted by Crippen LogP contribution is 2.37. The van der Waals surface area contributed by atoms with Gasteiger partial charge in [-0.2, -0.15) is 0 Å². The van der Waals surface area contributed by atoms with Gasteiger partial charge in [-0.3, -0.25) is 0 Å². The fourth-order valence-corrected chi connectivity index (χ4v) is 3.49. The van der Waals surface area contributed by atoms with Crippen LogP contribution in [0.25, 0.3) is 0 Å². The van der Waals surface area contributed by atoms with Crippen molar-refractivity contribution in [2.45, 2.75) is 64.8 Å². The molecule has 0 saturated heterocycles. The molecule has 1 aromatic rings. The second-order valence-electron chi connectivity index (χ2n) is 6.70. The fraction of sp³-hybridized carbons (Fsp3) is 0.812. The van der Waals surface area contributed by atoms with Gasteiger partial charge in [-0.1, -0.05) is 26.2 Å². The molecule has 0 spiro atoms. The molecule has 1 heterocycles. The molecule has 3 rings (SSSR count). The molecule has 1 aromatic heterocycles. The highest BCUT2D eigenvalue weighted by atomic mass is 15.2. The van der Waals surface area contributed by atoms with Gasteiger partial charge < -0.3 is 9.88 Å². The molecular weight excluding hydrogens is 234 g/mol. The van der Waals surface area contributed by atoms with E-state index < -0.39 is 0 Å². The van der Waals surface area contributed by atoms with Crippen molar-refractivity contribution in [1.82, 2.24) is 9.55 Å². The first-order valence-corrected chi connectivity index (χ1v) is 8.01. The number of anilines is 1. The van der Waals surface area contributed by atoms with Crippen molar-refractivity contribution >= 4 is 5.95 Å². The van der Waals surface area contributed by atoms with Gasteiger partial charge in [0, 0.05) is 18.8 Å². The topological polar surface area (TPSA) is 29.9 Å². The Hall–Kier alpha value is -0.990. The van der Waals surface area contributed by atoms with Crippen LogP contribution in [0.1, 0.15) is 63.6 Å². The molecule has 3 nitrogen and oxygen atoms in total. The monoisotopic (exact) mass is 261 g/mol. The van der Waals surface area contributed by atoms with E-state index in [1.165, 1.54) is 44.9 Å². The lowest BCUT2D eigenvalue weighted by molar-refractivity contribution is 0.274. The summed E-state index contributed by atoms with van der Waals surface area (Å²) in [4.78, 5) is 4.62. The zero-order valence-electron chi connectivity index (χ0n) is 12.4. The van der Waals surface area contributed by atoms with Gasteiger partial charge in [0.05, 0.1) is 5.69 Å². The predicted octanol–water partition coefficient (Wildman–Crippen LogP) is 4.15. The third-order valence-electron chi connectivity index (χ3n) is 4.67. The van der Waals surface area contributed by atoms with Gasteiger partial charge in [0.25, 0.3) is 0 Å². The van der Waals surface area contributed by atoms with Crippen LogP contribution in [0, 0.1) is 18.8 Å². The Morgan fingerprint density at radius 3 is 2.89 bits per heavy atom. The van der Waals surface area contributed by atoms with Crippen molar-refractivity contribution in [3.05, 3.63) is 11.9 Å². The van der Waals surface area contributed by atoms with Crippen molar-refractivity contribution in [1.29, 1.82) is 0 Å². The molecule has 1 N–H and O–H groups in total. The van der Waals surface area contributed by atoms with E-state index in [0.717, 1.165) is 36.1 Å². The lowest BCUT2D eigenvalue weighted by atomic mass is 9.81. The Morgan fingerprint density at radius 1 is 1.32 bits per heavy atom. The summed E-state index contributed by atoms with van der Waals surface area (Å²) >= 11 is 0. The molecule has 2 saturated carbocycles. The normalized spacial score (nSPS) is 27.5. The van der Waals surface area contributed by atoms with E-state index in [-0.39, 0.29) is 0 Å². The first-order chi connectivity index (χ1) is 9.22. The smallest absolute Gasteiger partial charge is 0.203 e. The number of imidazole rings is 1. The summed E-state index contributed by atoms with van der Waals surface area (Å²) in [6, 6.07) is 0.721. The van der Waals surface area contributed by atoms with Crippen LogP contribution < -0.4 is 5.32 Å². The van der Waals surface area contributed by atoms with Crippen molar-refractivity contribution in [2.75, 3.05) is 11.9 Å². The summed E-state index contributed by atoms with van der Waals surface area (Å²) in [6.07, 6.45) is 11.9. The molecule has 0 bridgehead atoms. The van der Waals surface area contributed by atoms with Gasteiger partial charge in [-0.05, 0) is 44.4 Å². The SMILES string of the molecule is Cc1cn(C2CC2)c(NCCC2CCCC(C)C2)n1. The number of rotatable bonds is 5. The van der Waals surface area contributed by atoms with Crippen LogP contribution in [0.15, 0.2) is 6.20 Å².